The van der Waals surface area contributed by atoms with Crippen molar-refractivity contribution in [3.8, 4) is 51.7 Å². The van der Waals surface area contributed by atoms with E-state index in [-0.39, 0.29) is 108 Å². The van der Waals surface area contributed by atoms with Crippen LogP contribution in [-0.4, -0.2) is 87.7 Å². The summed E-state index contributed by atoms with van der Waals surface area (Å²) >= 11 is 0. The molecule has 63 heavy (non-hydrogen) atoms. The number of nitrogens with zero attached hydrogens (tertiary/aromatic N) is 2. The summed E-state index contributed by atoms with van der Waals surface area (Å²) in [6, 6.07) is 20.5. The molecule has 0 saturated heterocycles. The number of carbonyl (C=O) groups is 1. The predicted octanol–water partition coefficient (Wildman–Crippen LogP) is 11.0. The average molecular weight is 893 g/mol. The molecule has 1 heterocycles. The molecular weight excluding hydrogens is 817 g/mol. The number of Topliss-reactive ketones (excluding diaryl/α,β-unsaturated/α-hetero) is 1. The van der Waals surface area contributed by atoms with Crippen molar-refractivity contribution in [1.29, 1.82) is 0 Å². The van der Waals surface area contributed by atoms with Crippen molar-refractivity contribution in [1.82, 2.24) is 9.97 Å². The van der Waals surface area contributed by atoms with Gasteiger partial charge in [-0.25, -0.2) is 4.98 Å². The zero-order chi connectivity index (χ0) is 43.0. The number of nitrogens with two attached hydrogens (primary N) is 2. The molecule has 1 aromatic heterocycles. The molecule has 0 bridgehead atoms. The van der Waals surface area contributed by atoms with Crippen LogP contribution in [0.5, 0.6) is 51.7 Å². The first-order valence-electron chi connectivity index (χ1n) is 17.9. The number of aliphatic hydroxyl groups is 1. The first-order valence-corrected chi connectivity index (χ1v) is 17.9. The van der Waals surface area contributed by atoms with E-state index in [2.05, 4.69) is 23.8 Å². The summed E-state index contributed by atoms with van der Waals surface area (Å²) in [6.45, 7) is 12.8. The maximum atomic E-state index is 11.0. The number of hydrogen-bond donors (Lipinski definition) is 6. The molecule has 15 heteroatoms. The van der Waals surface area contributed by atoms with Gasteiger partial charge in [-0.1, -0.05) is 81.7 Å². The molecule has 0 aliphatic rings. The van der Waals surface area contributed by atoms with Crippen LogP contribution in [0, 0.1) is 7.43 Å². The van der Waals surface area contributed by atoms with Crippen LogP contribution in [0.25, 0.3) is 0 Å². The van der Waals surface area contributed by atoms with E-state index in [0.29, 0.717) is 34.3 Å². The van der Waals surface area contributed by atoms with Gasteiger partial charge in [-0.05, 0) is 81.1 Å². The van der Waals surface area contributed by atoms with Crippen molar-refractivity contribution in [3.05, 3.63) is 109 Å². The maximum absolute atomic E-state index is 11.0. The molecule has 8 N–H and O–H groups in total. The van der Waals surface area contributed by atoms with Crippen LogP contribution in [-0.2, 0) is 5.60 Å². The van der Waals surface area contributed by atoms with Crippen LogP contribution in [0.1, 0.15) is 118 Å². The zero-order valence-corrected chi connectivity index (χ0v) is 37.6. The van der Waals surface area contributed by atoms with Gasteiger partial charge in [0.1, 0.15) is 51.6 Å². The fraction of sp³-hybridized carbons (Fsp3) is 0.375. The Morgan fingerprint density at radius 3 is 1.41 bits per heavy atom. The first-order chi connectivity index (χ1) is 26.8. The number of phenols is 3. The van der Waals surface area contributed by atoms with E-state index in [0.717, 1.165) is 22.6 Å². The standard InChI is InChI=1S/C14H18N4O2.C10H14O3.C10H14O2.C9H10O3.4CH4.CH3.Mg.H/c1-8(2)12-9(19-3)5-4-6-10(12)20-11-7-17-14(16)18-13(11)15;1-10(2,12)9-7(11)5-4-6-8(9)13-3;1-7(2)10-8(11)5-4-6-9(10)12-3;1-6(10)9-7(11)4-3-5-8(9)12-2;;;;;;;/h4-8H,1-3H3,(H4,15,16,17,18);4-6,11-12H,1-3H3;4-7,11H,1-3H3;3-5,11H,1-2H3;4*1H4;1H3;;/q;;;;;;;;-1;+2;-1. The molecule has 0 atom stereocenters. The van der Waals surface area contributed by atoms with Gasteiger partial charge in [0.2, 0.25) is 5.95 Å². The summed E-state index contributed by atoms with van der Waals surface area (Å²) in [5.41, 5.74) is 12.6. The molecule has 14 nitrogen and oxygen atoms in total. The quantitative estimate of drug-likeness (QED) is 0.0436. The number of ketones is 1. The van der Waals surface area contributed by atoms with Gasteiger partial charge >= 0.3 is 23.1 Å². The van der Waals surface area contributed by atoms with Gasteiger partial charge in [0.25, 0.3) is 0 Å². The fourth-order valence-corrected chi connectivity index (χ4v) is 5.59. The molecule has 350 valence electrons. The van der Waals surface area contributed by atoms with E-state index >= 15 is 0 Å². The number of ether oxygens (including phenoxy) is 5. The number of aromatic nitrogens is 2. The minimum atomic E-state index is -1.10. The van der Waals surface area contributed by atoms with Gasteiger partial charge in [0.05, 0.1) is 45.8 Å². The van der Waals surface area contributed by atoms with E-state index in [4.69, 9.17) is 35.2 Å². The molecular formula is C48H76MgN4O10. The van der Waals surface area contributed by atoms with E-state index < -0.39 is 5.60 Å². The van der Waals surface area contributed by atoms with E-state index in [1.165, 1.54) is 39.5 Å². The molecule has 0 aliphatic heterocycles. The van der Waals surface area contributed by atoms with E-state index in [9.17, 15) is 25.2 Å². The summed E-state index contributed by atoms with van der Waals surface area (Å²) in [5, 5.41) is 38.1. The second-order valence-corrected chi connectivity index (χ2v) is 13.5. The number of carbonyl (C=O) groups excluding carboxylic acids is 1. The average Bonchev–Trinajstić information content (AvgIpc) is 3.15. The Balaban J connectivity index is -0.000000173. The molecule has 0 saturated carbocycles. The molecule has 4 aromatic carbocycles. The minimum Gasteiger partial charge on any atom is -1.00 e. The minimum absolute atomic E-state index is 0. The Hall–Kier alpha value is -5.64. The molecule has 5 aromatic rings. The molecule has 0 aliphatic carbocycles. The number of benzene rings is 4. The van der Waals surface area contributed by atoms with Crippen LogP contribution < -0.4 is 35.2 Å². The predicted molar refractivity (Wildman–Crippen MR) is 262 cm³/mol. The zero-order valence-electron chi connectivity index (χ0n) is 37.2. The van der Waals surface area contributed by atoms with Crippen molar-refractivity contribution >= 4 is 40.6 Å². The van der Waals surface area contributed by atoms with Crippen molar-refractivity contribution in [2.45, 2.75) is 95.6 Å². The van der Waals surface area contributed by atoms with Crippen LogP contribution in [0.3, 0.4) is 0 Å². The summed E-state index contributed by atoms with van der Waals surface area (Å²) in [4.78, 5) is 18.8. The van der Waals surface area contributed by atoms with Crippen molar-refractivity contribution in [2.75, 3.05) is 39.9 Å². The number of methoxy groups -OCH3 is 4. The maximum Gasteiger partial charge on any atom is 2.00 e. The topological polar surface area (TPSA) is 222 Å². The number of hydrogen-bond acceptors (Lipinski definition) is 14. The third kappa shape index (κ3) is 19.1. The number of phenolic OH excluding ortho intramolecular Hbond substituents is 3. The van der Waals surface area contributed by atoms with Gasteiger partial charge in [0.15, 0.2) is 17.4 Å². The number of anilines is 2. The summed E-state index contributed by atoms with van der Waals surface area (Å²) < 4.78 is 26.3. The van der Waals surface area contributed by atoms with Gasteiger partial charge in [-0.3, -0.25) is 4.79 Å². The molecule has 0 amide bonds. The largest absolute Gasteiger partial charge is 2.00 e. The van der Waals surface area contributed by atoms with Crippen LogP contribution >= 0.6 is 0 Å². The Morgan fingerprint density at radius 2 is 1.03 bits per heavy atom. The second-order valence-electron chi connectivity index (χ2n) is 13.5. The van der Waals surface area contributed by atoms with Crippen molar-refractivity contribution < 1.29 is 50.3 Å². The number of nitrogen functional groups attached to an aromatic ring is 2. The molecule has 5 rings (SSSR count). The van der Waals surface area contributed by atoms with Crippen LogP contribution in [0.4, 0.5) is 11.8 Å². The summed E-state index contributed by atoms with van der Waals surface area (Å²) in [5.74, 6) is 4.40. The summed E-state index contributed by atoms with van der Waals surface area (Å²) in [6.07, 6.45) is 1.46. The van der Waals surface area contributed by atoms with Gasteiger partial charge in [-0.2, -0.15) is 4.98 Å². The summed E-state index contributed by atoms with van der Waals surface area (Å²) in [7, 11) is 6.21. The van der Waals surface area contributed by atoms with E-state index in [1.807, 2.05) is 38.1 Å². The Morgan fingerprint density at radius 1 is 0.635 bits per heavy atom. The molecule has 0 radical (unpaired) electrons. The Labute approximate surface area is 395 Å². The van der Waals surface area contributed by atoms with Gasteiger partial charge in [-0.15, -0.1) is 0 Å². The fourth-order valence-electron chi connectivity index (χ4n) is 5.59. The monoisotopic (exact) mass is 893 g/mol. The van der Waals surface area contributed by atoms with Crippen molar-refractivity contribution in [3.63, 3.8) is 0 Å². The van der Waals surface area contributed by atoms with Crippen LogP contribution in [0.15, 0.2) is 79.0 Å². The third-order valence-electron chi connectivity index (χ3n) is 8.10. The van der Waals surface area contributed by atoms with Gasteiger partial charge < -0.3 is 64.4 Å². The number of aromatic hydroxyl groups is 3. The van der Waals surface area contributed by atoms with E-state index in [1.54, 1.807) is 64.5 Å². The van der Waals surface area contributed by atoms with Gasteiger partial charge in [0, 0.05) is 11.1 Å². The van der Waals surface area contributed by atoms with Crippen molar-refractivity contribution in [2.24, 2.45) is 0 Å². The molecule has 0 fully saturated rings. The third-order valence-corrected chi connectivity index (χ3v) is 8.10. The Bertz CT molecular complexity index is 2080. The molecule has 0 unspecified atom stereocenters. The normalized spacial score (nSPS) is 9.49. The molecule has 0 spiro atoms. The number of rotatable bonds is 10. The smallest absolute Gasteiger partial charge is 1.00 e. The first kappa shape index (κ1) is 66.5. The Kier molecular flexibility index (Phi) is 32.9. The second kappa shape index (κ2) is 31.2. The SMILES string of the molecule is C.C.C.C.COc1cccc(O)c1C(C)(C)O.COc1cccc(O)c1C(C)=O.COc1cccc(O)c1C(C)C.COc1cccc(Oc2cnc(N)nc2N)c1C(C)C.[CH3-].[H-].[Mg+2]. The van der Waals surface area contributed by atoms with Crippen LogP contribution in [0.2, 0.25) is 0 Å².